The van der Waals surface area contributed by atoms with E-state index in [0.717, 1.165) is 23.4 Å². The van der Waals surface area contributed by atoms with Crippen molar-refractivity contribution in [3.05, 3.63) is 76.7 Å². The quantitative estimate of drug-likeness (QED) is 0.405. The summed E-state index contributed by atoms with van der Waals surface area (Å²) in [5, 5.41) is 12.8. The molecule has 3 heterocycles. The second-order valence-electron chi connectivity index (χ2n) is 10.3. The number of carbonyl (C=O) groups excluding carboxylic acids is 1. The van der Waals surface area contributed by atoms with Crippen molar-refractivity contribution in [1.29, 1.82) is 0 Å². The van der Waals surface area contributed by atoms with Gasteiger partial charge in [-0.25, -0.2) is 9.97 Å². The first kappa shape index (κ1) is 26.9. The number of nitrogens with zero attached hydrogens (tertiary/aromatic N) is 4. The van der Waals surface area contributed by atoms with Gasteiger partial charge in [0, 0.05) is 30.0 Å². The molecule has 206 valence electrons. The Balaban J connectivity index is 1.59. The van der Waals surface area contributed by atoms with Crippen molar-refractivity contribution in [2.24, 2.45) is 0 Å². The van der Waals surface area contributed by atoms with Gasteiger partial charge in [0.15, 0.2) is 0 Å². The molecule has 2 aromatic carbocycles. The number of nitrogens with one attached hydrogen (secondary N) is 1. The molecule has 3 aromatic rings. The normalized spacial score (nSPS) is 20.4. The molecule has 8 nitrogen and oxygen atoms in total. The molecule has 11 heteroatoms. The summed E-state index contributed by atoms with van der Waals surface area (Å²) in [5.74, 6) is 0.853. The van der Waals surface area contributed by atoms with Crippen LogP contribution in [-0.4, -0.2) is 52.1 Å². The van der Waals surface area contributed by atoms with Gasteiger partial charge < -0.3 is 21.1 Å². The molecule has 0 aliphatic carbocycles. The Morgan fingerprint density at radius 3 is 2.62 bits per heavy atom. The van der Waals surface area contributed by atoms with Crippen LogP contribution in [0.15, 0.2) is 48.5 Å². The van der Waals surface area contributed by atoms with Crippen LogP contribution >= 0.6 is 0 Å². The molecule has 0 saturated carbocycles. The zero-order chi connectivity index (χ0) is 27.9. The number of aliphatic hydroxyl groups excluding tert-OH is 1. The highest BCUT2D eigenvalue weighted by Crippen LogP contribution is 2.44. The van der Waals surface area contributed by atoms with Crippen molar-refractivity contribution >= 4 is 23.1 Å². The van der Waals surface area contributed by atoms with E-state index < -0.39 is 23.2 Å². The van der Waals surface area contributed by atoms with Gasteiger partial charge >= 0.3 is 6.18 Å². The van der Waals surface area contributed by atoms with Gasteiger partial charge in [-0.05, 0) is 62.7 Å². The third-order valence-corrected chi connectivity index (χ3v) is 7.53. The largest absolute Gasteiger partial charge is 0.416 e. The fourth-order valence-electron chi connectivity index (χ4n) is 5.63. The van der Waals surface area contributed by atoms with E-state index >= 15 is 0 Å². The SMILES string of the molecule is Cc1nc(N[C@H](C)c2cc(N)cc(C(F)(F)F)c2)c2c(n1)C1(CCN(CCO)C1)C(=O)N(c1ccccc1)C2. The summed E-state index contributed by atoms with van der Waals surface area (Å²) in [5.41, 5.74) is 6.53. The molecule has 0 radical (unpaired) electrons. The highest BCUT2D eigenvalue weighted by atomic mass is 19.4. The monoisotopic (exact) mass is 540 g/mol. The van der Waals surface area contributed by atoms with Gasteiger partial charge in [0.2, 0.25) is 5.91 Å². The van der Waals surface area contributed by atoms with E-state index in [4.69, 9.17) is 10.7 Å². The van der Waals surface area contributed by atoms with Crippen molar-refractivity contribution in [2.75, 3.05) is 42.2 Å². The zero-order valence-electron chi connectivity index (χ0n) is 21.8. The van der Waals surface area contributed by atoms with Crippen LogP contribution < -0.4 is 16.0 Å². The van der Waals surface area contributed by atoms with Gasteiger partial charge in [-0.1, -0.05) is 18.2 Å². The molecule has 4 N–H and O–H groups in total. The van der Waals surface area contributed by atoms with Crippen molar-refractivity contribution < 1.29 is 23.1 Å². The average molecular weight is 541 g/mol. The third kappa shape index (κ3) is 5.04. The molecule has 0 bridgehead atoms. The number of β-amino-alcohol motifs (C(OH)–C–C–N with tert-alkyl or cyclic N) is 1. The minimum absolute atomic E-state index is 0.0177. The van der Waals surface area contributed by atoms with Crippen LogP contribution in [0, 0.1) is 6.92 Å². The number of amides is 1. The van der Waals surface area contributed by atoms with Crippen LogP contribution in [0.5, 0.6) is 0 Å². The predicted octanol–water partition coefficient (Wildman–Crippen LogP) is 4.04. The number of nitrogen functional groups attached to an aromatic ring is 1. The van der Waals surface area contributed by atoms with E-state index in [-0.39, 0.29) is 24.7 Å². The number of para-hydroxylation sites is 1. The standard InChI is InChI=1S/C28H31F3N6O2/c1-17(19-12-20(28(29,30)31)14-21(32)13-19)33-25-23-15-37(22-6-4-3-5-7-22)26(39)27(24(23)34-18(2)35-25)8-9-36(16-27)10-11-38/h3-7,12-14,17,38H,8-11,15-16,32H2,1-2H3,(H,33,34,35)/t17-,27?/m1/s1. The highest BCUT2D eigenvalue weighted by molar-refractivity contribution is 6.03. The Labute approximate surface area is 224 Å². The fourth-order valence-corrected chi connectivity index (χ4v) is 5.63. The maximum absolute atomic E-state index is 14.1. The number of aryl methyl sites for hydroxylation is 1. The van der Waals surface area contributed by atoms with Crippen LogP contribution in [0.3, 0.4) is 0 Å². The highest BCUT2D eigenvalue weighted by Gasteiger charge is 2.53. The Hall–Kier alpha value is -3.70. The molecule has 1 unspecified atom stereocenters. The molecule has 1 spiro atoms. The Morgan fingerprint density at radius 2 is 1.92 bits per heavy atom. The van der Waals surface area contributed by atoms with Gasteiger partial charge in [-0.15, -0.1) is 0 Å². The van der Waals surface area contributed by atoms with Gasteiger partial charge in [0.05, 0.1) is 30.5 Å². The van der Waals surface area contributed by atoms with Crippen LogP contribution in [-0.2, 0) is 22.9 Å². The number of benzene rings is 2. The number of likely N-dealkylation sites (tertiary alicyclic amines) is 1. The number of rotatable bonds is 6. The molecule has 1 fully saturated rings. The smallest absolute Gasteiger partial charge is 0.399 e. The van der Waals surface area contributed by atoms with E-state index in [1.165, 1.54) is 6.07 Å². The number of hydrogen-bond acceptors (Lipinski definition) is 7. The second kappa shape index (κ2) is 10.1. The summed E-state index contributed by atoms with van der Waals surface area (Å²) in [7, 11) is 0. The molecular weight excluding hydrogens is 509 g/mol. The van der Waals surface area contributed by atoms with Gasteiger partial charge in [-0.3, -0.25) is 9.69 Å². The lowest BCUT2D eigenvalue weighted by atomic mass is 9.76. The van der Waals surface area contributed by atoms with E-state index in [2.05, 4.69) is 15.2 Å². The molecule has 2 aliphatic rings. The minimum Gasteiger partial charge on any atom is -0.399 e. The summed E-state index contributed by atoms with van der Waals surface area (Å²) in [4.78, 5) is 27.3. The van der Waals surface area contributed by atoms with Crippen LogP contribution in [0.2, 0.25) is 0 Å². The first-order valence-corrected chi connectivity index (χ1v) is 12.8. The molecule has 1 amide bonds. The van der Waals surface area contributed by atoms with Crippen molar-refractivity contribution in [3.63, 3.8) is 0 Å². The number of hydrogen-bond donors (Lipinski definition) is 3. The summed E-state index contributed by atoms with van der Waals surface area (Å²) in [6.07, 6.45) is -4.00. The molecular formula is C28H31F3N6O2. The summed E-state index contributed by atoms with van der Waals surface area (Å²) in [6.45, 7) is 5.14. The van der Waals surface area contributed by atoms with Crippen molar-refractivity contribution in [3.8, 4) is 0 Å². The number of halogens is 3. The Kier molecular flexibility index (Phi) is 6.98. The summed E-state index contributed by atoms with van der Waals surface area (Å²) < 4.78 is 40.4. The van der Waals surface area contributed by atoms with E-state index in [1.807, 2.05) is 30.3 Å². The topological polar surface area (TPSA) is 108 Å². The van der Waals surface area contributed by atoms with E-state index in [9.17, 15) is 23.1 Å². The van der Waals surface area contributed by atoms with Gasteiger partial charge in [-0.2, -0.15) is 13.2 Å². The molecule has 2 atom stereocenters. The maximum atomic E-state index is 14.1. The number of aliphatic hydroxyl groups is 1. The molecule has 1 aromatic heterocycles. The molecule has 5 rings (SSSR count). The number of anilines is 3. The van der Waals surface area contributed by atoms with Crippen LogP contribution in [0.4, 0.5) is 30.4 Å². The van der Waals surface area contributed by atoms with Crippen LogP contribution in [0.25, 0.3) is 0 Å². The van der Waals surface area contributed by atoms with Crippen molar-refractivity contribution in [1.82, 2.24) is 14.9 Å². The predicted molar refractivity (Wildman–Crippen MR) is 142 cm³/mol. The van der Waals surface area contributed by atoms with Crippen LogP contribution in [0.1, 0.15) is 47.6 Å². The number of carbonyl (C=O) groups is 1. The Bertz CT molecular complexity index is 1380. The zero-order valence-corrected chi connectivity index (χ0v) is 21.8. The average Bonchev–Trinajstić information content (AvgIpc) is 3.31. The van der Waals surface area contributed by atoms with E-state index in [1.54, 1.807) is 18.7 Å². The second-order valence-corrected chi connectivity index (χ2v) is 10.3. The number of aromatic nitrogens is 2. The number of fused-ring (bicyclic) bond motifs is 2. The Morgan fingerprint density at radius 1 is 1.18 bits per heavy atom. The van der Waals surface area contributed by atoms with Gasteiger partial charge in [0.1, 0.15) is 17.1 Å². The summed E-state index contributed by atoms with van der Waals surface area (Å²) in [6, 6.07) is 12.3. The molecule has 39 heavy (non-hydrogen) atoms. The first-order valence-electron chi connectivity index (χ1n) is 12.8. The molecule has 1 saturated heterocycles. The van der Waals surface area contributed by atoms with Gasteiger partial charge in [0.25, 0.3) is 0 Å². The maximum Gasteiger partial charge on any atom is 0.416 e. The molecule has 2 aliphatic heterocycles. The third-order valence-electron chi connectivity index (χ3n) is 7.53. The van der Waals surface area contributed by atoms with E-state index in [0.29, 0.717) is 49.0 Å². The first-order chi connectivity index (χ1) is 18.5. The number of alkyl halides is 3. The van der Waals surface area contributed by atoms with Crippen molar-refractivity contribution in [2.45, 2.75) is 44.4 Å². The lowest BCUT2D eigenvalue weighted by Gasteiger charge is -2.41. The number of nitrogens with two attached hydrogens (primary N) is 1. The minimum atomic E-state index is -4.53. The lowest BCUT2D eigenvalue weighted by molar-refractivity contribution is -0.137. The lowest BCUT2D eigenvalue weighted by Crippen LogP contribution is -2.53. The fraction of sp³-hybridized carbons (Fsp3) is 0.393. The summed E-state index contributed by atoms with van der Waals surface area (Å²) >= 11 is 0.